The third-order valence-electron chi connectivity index (χ3n) is 7.87. The molecule has 0 aliphatic carbocycles. The van der Waals surface area contributed by atoms with Crippen LogP contribution < -0.4 is 9.64 Å². The van der Waals surface area contributed by atoms with Crippen molar-refractivity contribution >= 4 is 29.4 Å². The molecule has 5 heterocycles. The highest BCUT2D eigenvalue weighted by molar-refractivity contribution is 6.35. The van der Waals surface area contributed by atoms with E-state index in [-0.39, 0.29) is 77.4 Å². The fourth-order valence-electron chi connectivity index (χ4n) is 5.94. The summed E-state index contributed by atoms with van der Waals surface area (Å²) in [5.74, 6) is -1.10. The van der Waals surface area contributed by atoms with Gasteiger partial charge in [-0.1, -0.05) is 17.7 Å². The molecule has 1 fully saturated rings. The summed E-state index contributed by atoms with van der Waals surface area (Å²) in [4.78, 5) is 37.1. The van der Waals surface area contributed by atoms with Crippen molar-refractivity contribution in [3.05, 3.63) is 52.1 Å². The number of aromatic nitrogens is 3. The molecule has 1 unspecified atom stereocenters. The number of carbonyl (C=O) groups is 2. The summed E-state index contributed by atoms with van der Waals surface area (Å²) in [6.45, 7) is 8.52. The number of pyridine rings is 1. The van der Waals surface area contributed by atoms with Crippen LogP contribution in [-0.4, -0.2) is 79.6 Å². The number of phenols is 1. The molecule has 1 aromatic carbocycles. The summed E-state index contributed by atoms with van der Waals surface area (Å²) in [7, 11) is 1.85. The summed E-state index contributed by atoms with van der Waals surface area (Å²) in [6.07, 6.45) is 1.31. The molecule has 0 bridgehead atoms. The molecule has 13 heteroatoms. The number of amides is 2. The first-order valence-electron chi connectivity index (χ1n) is 13.8. The maximum absolute atomic E-state index is 15.1. The molecule has 222 valence electrons. The van der Waals surface area contributed by atoms with Crippen molar-refractivity contribution in [1.29, 1.82) is 0 Å². The molecule has 3 aromatic rings. The van der Waals surface area contributed by atoms with Gasteiger partial charge in [0.05, 0.1) is 29.5 Å². The monoisotopic (exact) mass is 598 g/mol. The molecule has 42 heavy (non-hydrogen) atoms. The summed E-state index contributed by atoms with van der Waals surface area (Å²) in [6, 6.07) is 3.21. The number of halogens is 2. The molecule has 3 aliphatic heterocycles. The van der Waals surface area contributed by atoms with Gasteiger partial charge >= 0.3 is 6.09 Å². The van der Waals surface area contributed by atoms with E-state index < -0.39 is 23.6 Å². The van der Waals surface area contributed by atoms with E-state index in [2.05, 4.69) is 5.10 Å². The van der Waals surface area contributed by atoms with Crippen LogP contribution in [0.1, 0.15) is 55.4 Å². The van der Waals surface area contributed by atoms with Gasteiger partial charge in [0.2, 0.25) is 0 Å². The van der Waals surface area contributed by atoms with Gasteiger partial charge in [-0.2, -0.15) is 5.10 Å². The quantitative estimate of drug-likeness (QED) is 0.458. The van der Waals surface area contributed by atoms with Crippen LogP contribution in [0.25, 0.3) is 11.3 Å². The Labute approximate surface area is 247 Å². The Morgan fingerprint density at radius 1 is 1.21 bits per heavy atom. The van der Waals surface area contributed by atoms with Crippen molar-refractivity contribution < 1.29 is 28.6 Å². The second-order valence-electron chi connectivity index (χ2n) is 11.8. The van der Waals surface area contributed by atoms with E-state index >= 15 is 4.39 Å². The Balaban J connectivity index is 1.46. The Kier molecular flexibility index (Phi) is 6.71. The second kappa shape index (κ2) is 10.0. The first kappa shape index (κ1) is 28.1. The molecule has 2 atom stereocenters. The van der Waals surface area contributed by atoms with Crippen molar-refractivity contribution in [1.82, 2.24) is 24.6 Å². The number of hydrogen-bond donors (Lipinski definition) is 1. The Bertz CT molecular complexity index is 1580. The highest BCUT2D eigenvalue weighted by atomic mass is 35.5. The topological polar surface area (TPSA) is 113 Å². The van der Waals surface area contributed by atoms with Gasteiger partial charge in [0.25, 0.3) is 5.91 Å². The molecule has 2 aromatic heterocycles. The summed E-state index contributed by atoms with van der Waals surface area (Å²) < 4.78 is 28.7. The Hall–Kier alpha value is -4.06. The second-order valence-corrected chi connectivity index (χ2v) is 12.2. The normalized spacial score (nSPS) is 20.1. The zero-order valence-corrected chi connectivity index (χ0v) is 24.8. The van der Waals surface area contributed by atoms with Gasteiger partial charge in [0.15, 0.2) is 5.75 Å². The SMILES string of the molecule is CC1c2c(cnn2C)CN1c1nc(-c2c(O)cccc2F)c(Cl)c2c1C(=O)N1CCN(C(=O)OC(C)(C)C)C[C@@H]1CO2. The van der Waals surface area contributed by atoms with Crippen LogP contribution in [0, 0.1) is 5.82 Å². The third-order valence-corrected chi connectivity index (χ3v) is 8.22. The first-order chi connectivity index (χ1) is 19.9. The van der Waals surface area contributed by atoms with Crippen molar-refractivity contribution in [2.75, 3.05) is 31.1 Å². The number of phenolic OH excluding ortho intramolecular Hbond substituents is 1. The average Bonchev–Trinajstić information content (AvgIpc) is 3.40. The molecule has 0 spiro atoms. The maximum Gasteiger partial charge on any atom is 0.410 e. The van der Waals surface area contributed by atoms with Crippen molar-refractivity contribution in [3.8, 4) is 22.8 Å². The van der Waals surface area contributed by atoms with E-state index in [9.17, 15) is 14.7 Å². The number of piperazine rings is 1. The van der Waals surface area contributed by atoms with Gasteiger partial charge in [-0.3, -0.25) is 9.48 Å². The Morgan fingerprint density at radius 3 is 2.67 bits per heavy atom. The molecule has 0 radical (unpaired) electrons. The summed E-state index contributed by atoms with van der Waals surface area (Å²) in [5.41, 5.74) is 1.19. The average molecular weight is 599 g/mol. The van der Waals surface area contributed by atoms with Crippen LogP contribution in [0.15, 0.2) is 24.4 Å². The number of aromatic hydroxyl groups is 1. The van der Waals surface area contributed by atoms with E-state index in [0.29, 0.717) is 6.54 Å². The molecule has 6 rings (SSSR count). The molecule has 0 saturated carbocycles. The molecule has 1 saturated heterocycles. The fourth-order valence-corrected chi connectivity index (χ4v) is 6.22. The number of nitrogens with zero attached hydrogens (tertiary/aromatic N) is 6. The molecular weight excluding hydrogens is 567 g/mol. The third kappa shape index (κ3) is 4.57. The van der Waals surface area contributed by atoms with Crippen LogP contribution in [-0.2, 0) is 18.3 Å². The number of carbonyl (C=O) groups excluding carboxylic acids is 2. The van der Waals surface area contributed by atoms with Gasteiger partial charge < -0.3 is 29.3 Å². The maximum atomic E-state index is 15.1. The van der Waals surface area contributed by atoms with E-state index in [1.807, 2.05) is 18.9 Å². The van der Waals surface area contributed by atoms with Crippen molar-refractivity contribution in [2.24, 2.45) is 7.05 Å². The predicted octanol–water partition coefficient (Wildman–Crippen LogP) is 4.52. The lowest BCUT2D eigenvalue weighted by Gasteiger charge is -2.40. The van der Waals surface area contributed by atoms with Gasteiger partial charge in [-0.15, -0.1) is 0 Å². The van der Waals surface area contributed by atoms with Gasteiger partial charge in [-0.05, 0) is 39.8 Å². The minimum Gasteiger partial charge on any atom is -0.507 e. The van der Waals surface area contributed by atoms with Crippen LogP contribution in [0.5, 0.6) is 11.5 Å². The molecule has 2 amide bonds. The van der Waals surface area contributed by atoms with E-state index in [1.165, 1.54) is 18.2 Å². The minimum atomic E-state index is -0.720. The van der Waals surface area contributed by atoms with Gasteiger partial charge in [0.1, 0.15) is 45.9 Å². The number of anilines is 1. The zero-order valence-electron chi connectivity index (χ0n) is 24.0. The summed E-state index contributed by atoms with van der Waals surface area (Å²) >= 11 is 6.85. The van der Waals surface area contributed by atoms with Gasteiger partial charge in [0, 0.05) is 38.8 Å². The van der Waals surface area contributed by atoms with Crippen LogP contribution in [0.3, 0.4) is 0 Å². The molecule has 3 aliphatic rings. The lowest BCUT2D eigenvalue weighted by molar-refractivity contribution is 0.000954. The minimum absolute atomic E-state index is 0.0314. The predicted molar refractivity (Wildman–Crippen MR) is 152 cm³/mol. The van der Waals surface area contributed by atoms with E-state index in [4.69, 9.17) is 26.1 Å². The number of hydrogen-bond acceptors (Lipinski definition) is 8. The fraction of sp³-hybridized carbons (Fsp3) is 0.448. The van der Waals surface area contributed by atoms with Crippen LogP contribution in [0.4, 0.5) is 15.0 Å². The lowest BCUT2D eigenvalue weighted by Crippen LogP contribution is -2.58. The molecule has 1 N–H and O–H groups in total. The van der Waals surface area contributed by atoms with Gasteiger partial charge in [-0.25, -0.2) is 14.2 Å². The lowest BCUT2D eigenvalue weighted by atomic mass is 10.0. The first-order valence-corrected chi connectivity index (χ1v) is 14.1. The van der Waals surface area contributed by atoms with Crippen LogP contribution >= 0.6 is 11.6 Å². The number of benzene rings is 1. The zero-order chi connectivity index (χ0) is 30.1. The number of fused-ring (bicyclic) bond motifs is 3. The van der Waals surface area contributed by atoms with Crippen molar-refractivity contribution in [2.45, 2.75) is 51.9 Å². The highest BCUT2D eigenvalue weighted by Gasteiger charge is 2.43. The Morgan fingerprint density at radius 2 is 1.98 bits per heavy atom. The highest BCUT2D eigenvalue weighted by Crippen LogP contribution is 2.48. The smallest absolute Gasteiger partial charge is 0.410 e. The number of aryl methyl sites for hydroxylation is 1. The van der Waals surface area contributed by atoms with Crippen molar-refractivity contribution in [3.63, 3.8) is 0 Å². The van der Waals surface area contributed by atoms with E-state index in [0.717, 1.165) is 11.3 Å². The van der Waals surface area contributed by atoms with Crippen LogP contribution in [0.2, 0.25) is 5.02 Å². The molecular formula is C29H32ClFN6O5. The largest absolute Gasteiger partial charge is 0.507 e. The number of rotatable bonds is 2. The number of ether oxygens (including phenoxy) is 2. The standard InChI is InChI=1S/C29H32ClFN6O5/c1-15-24-16(11-32-34(24)5)12-37(15)26-21-25(22(30)23(33-26)20-18(31)7-6-8-19(20)38)41-14-17-13-35(9-10-36(17)27(21)39)28(40)42-29(2,3)4/h6-8,11,15,17,38H,9-10,12-14H2,1-5H3/t15?,17-/m1/s1. The summed E-state index contributed by atoms with van der Waals surface area (Å²) in [5, 5.41) is 14.9. The van der Waals surface area contributed by atoms with E-state index in [1.54, 1.807) is 41.4 Å². The molecule has 11 nitrogen and oxygen atoms in total.